The van der Waals surface area contributed by atoms with Crippen molar-refractivity contribution in [3.8, 4) is 22.9 Å². The second kappa shape index (κ2) is 6.71. The summed E-state index contributed by atoms with van der Waals surface area (Å²) in [4.78, 5) is 4.37. The summed E-state index contributed by atoms with van der Waals surface area (Å²) in [5.74, 6) is 2.38. The van der Waals surface area contributed by atoms with Crippen LogP contribution in [-0.4, -0.2) is 17.3 Å². The van der Waals surface area contributed by atoms with Crippen LogP contribution < -0.4 is 9.47 Å². The third kappa shape index (κ3) is 3.63. The minimum absolute atomic E-state index is 0.364. The van der Waals surface area contributed by atoms with Gasteiger partial charge in [0.2, 0.25) is 5.82 Å². The Morgan fingerprint density at radius 2 is 1.65 bits per heavy atom. The van der Waals surface area contributed by atoms with Gasteiger partial charge >= 0.3 is 0 Å². The normalized spacial score (nSPS) is 12.0. The van der Waals surface area contributed by atoms with Crippen LogP contribution in [0.4, 0.5) is 0 Å². The third-order valence-electron chi connectivity index (χ3n) is 3.26. The zero-order valence-corrected chi connectivity index (χ0v) is 13.4. The molecule has 0 saturated carbocycles. The molecule has 1 aromatic heterocycles. The molecule has 5 nitrogen and oxygen atoms in total. The minimum Gasteiger partial charge on any atom is -0.497 e. The lowest BCUT2D eigenvalue weighted by atomic mass is 10.2. The first-order valence-corrected chi connectivity index (χ1v) is 7.44. The first-order valence-electron chi connectivity index (χ1n) is 7.06. The molecule has 23 heavy (non-hydrogen) atoms. The van der Waals surface area contributed by atoms with Gasteiger partial charge in [0.1, 0.15) is 11.5 Å². The Morgan fingerprint density at radius 1 is 1.00 bits per heavy atom. The maximum atomic E-state index is 5.87. The zero-order chi connectivity index (χ0) is 16.2. The number of hydrogen-bond donors (Lipinski definition) is 0. The van der Waals surface area contributed by atoms with Gasteiger partial charge in [-0.3, -0.25) is 0 Å². The van der Waals surface area contributed by atoms with E-state index in [9.17, 15) is 0 Å². The molecule has 0 spiro atoms. The molecule has 0 unspecified atom stereocenters. The molecule has 0 bridgehead atoms. The Balaban J connectivity index is 1.72. The smallest absolute Gasteiger partial charge is 0.267 e. The van der Waals surface area contributed by atoms with Gasteiger partial charge in [-0.1, -0.05) is 16.8 Å². The van der Waals surface area contributed by atoms with Crippen LogP contribution in [0.25, 0.3) is 11.4 Å². The summed E-state index contributed by atoms with van der Waals surface area (Å²) in [5.41, 5.74) is 0.834. The number of rotatable bonds is 5. The first kappa shape index (κ1) is 15.4. The number of aromatic nitrogens is 2. The van der Waals surface area contributed by atoms with Crippen LogP contribution in [0.3, 0.4) is 0 Å². The van der Waals surface area contributed by atoms with E-state index in [0.29, 0.717) is 22.5 Å². The number of ether oxygens (including phenoxy) is 2. The van der Waals surface area contributed by atoms with Gasteiger partial charge in [-0.15, -0.1) is 0 Å². The van der Waals surface area contributed by atoms with E-state index in [4.69, 9.17) is 25.6 Å². The molecule has 0 radical (unpaired) electrons. The van der Waals surface area contributed by atoms with Crippen molar-refractivity contribution in [1.82, 2.24) is 10.1 Å². The van der Waals surface area contributed by atoms with Crippen molar-refractivity contribution < 1.29 is 14.0 Å². The predicted molar refractivity (Wildman–Crippen MR) is 86.8 cm³/mol. The maximum Gasteiger partial charge on any atom is 0.267 e. The fourth-order valence-electron chi connectivity index (χ4n) is 2.03. The van der Waals surface area contributed by atoms with Gasteiger partial charge in [0, 0.05) is 10.6 Å². The SMILES string of the molecule is COc1ccc(O[C@H](C)c2nc(-c3ccc(Cl)cc3)no2)cc1. The van der Waals surface area contributed by atoms with Crippen LogP contribution in [0.1, 0.15) is 18.9 Å². The molecular formula is C17H15ClN2O3. The van der Waals surface area contributed by atoms with Gasteiger partial charge in [-0.05, 0) is 55.5 Å². The van der Waals surface area contributed by atoms with E-state index < -0.39 is 0 Å². The molecule has 0 amide bonds. The number of halogens is 1. The average Bonchev–Trinajstić information content (AvgIpc) is 3.06. The molecule has 118 valence electrons. The van der Waals surface area contributed by atoms with Crippen LogP contribution in [0.5, 0.6) is 11.5 Å². The molecule has 0 N–H and O–H groups in total. The van der Waals surface area contributed by atoms with Crippen LogP contribution in [0, 0.1) is 0 Å². The maximum absolute atomic E-state index is 5.87. The number of nitrogens with zero attached hydrogens (tertiary/aromatic N) is 2. The molecule has 1 heterocycles. The van der Waals surface area contributed by atoms with Gasteiger partial charge in [0.25, 0.3) is 5.89 Å². The predicted octanol–water partition coefficient (Wildman–Crippen LogP) is 4.54. The highest BCUT2D eigenvalue weighted by molar-refractivity contribution is 6.30. The van der Waals surface area contributed by atoms with Crippen molar-refractivity contribution >= 4 is 11.6 Å². The number of hydrogen-bond acceptors (Lipinski definition) is 5. The highest BCUT2D eigenvalue weighted by atomic mass is 35.5. The molecule has 0 aliphatic heterocycles. The van der Waals surface area contributed by atoms with Crippen LogP contribution >= 0.6 is 11.6 Å². The third-order valence-corrected chi connectivity index (χ3v) is 3.52. The topological polar surface area (TPSA) is 57.4 Å². The molecule has 6 heteroatoms. The molecule has 0 fully saturated rings. The Hall–Kier alpha value is -2.53. The Bertz CT molecular complexity index is 769. The van der Waals surface area contributed by atoms with Crippen LogP contribution in [-0.2, 0) is 0 Å². The summed E-state index contributed by atoms with van der Waals surface area (Å²) in [5, 5.41) is 4.64. The Kier molecular flexibility index (Phi) is 4.48. The molecule has 2 aromatic carbocycles. The first-order chi connectivity index (χ1) is 11.2. The lowest BCUT2D eigenvalue weighted by Gasteiger charge is -2.10. The summed E-state index contributed by atoms with van der Waals surface area (Å²) in [6.07, 6.45) is -0.364. The molecule has 3 rings (SSSR count). The molecule has 1 atom stereocenters. The van der Waals surface area contributed by atoms with Gasteiger partial charge < -0.3 is 14.0 Å². The lowest BCUT2D eigenvalue weighted by molar-refractivity contribution is 0.175. The van der Waals surface area contributed by atoms with Crippen molar-refractivity contribution in [2.75, 3.05) is 7.11 Å². The highest BCUT2D eigenvalue weighted by Crippen LogP contribution is 2.25. The van der Waals surface area contributed by atoms with Gasteiger partial charge in [-0.2, -0.15) is 4.98 Å². The van der Waals surface area contributed by atoms with E-state index in [1.807, 2.05) is 43.3 Å². The van der Waals surface area contributed by atoms with Crippen LogP contribution in [0.2, 0.25) is 5.02 Å². The summed E-state index contributed by atoms with van der Waals surface area (Å²) in [6, 6.07) is 14.5. The number of methoxy groups -OCH3 is 1. The van der Waals surface area contributed by atoms with Gasteiger partial charge in [0.05, 0.1) is 7.11 Å². The number of benzene rings is 2. The molecule has 3 aromatic rings. The van der Waals surface area contributed by atoms with Crippen LogP contribution in [0.15, 0.2) is 53.1 Å². The van der Waals surface area contributed by atoms with Gasteiger partial charge in [-0.25, -0.2) is 0 Å². The molecule has 0 aliphatic rings. The fourth-order valence-corrected chi connectivity index (χ4v) is 2.15. The monoisotopic (exact) mass is 330 g/mol. The highest BCUT2D eigenvalue weighted by Gasteiger charge is 2.17. The zero-order valence-electron chi connectivity index (χ0n) is 12.7. The standard InChI is InChI=1S/C17H15ClN2O3/c1-11(22-15-9-7-14(21-2)8-10-15)17-19-16(20-23-17)12-3-5-13(18)6-4-12/h3-11H,1-2H3/t11-/m1/s1. The Morgan fingerprint density at radius 3 is 2.30 bits per heavy atom. The van der Waals surface area contributed by atoms with E-state index in [1.54, 1.807) is 19.2 Å². The van der Waals surface area contributed by atoms with E-state index in [0.717, 1.165) is 11.3 Å². The van der Waals surface area contributed by atoms with Crippen molar-refractivity contribution in [3.63, 3.8) is 0 Å². The van der Waals surface area contributed by atoms with E-state index >= 15 is 0 Å². The summed E-state index contributed by atoms with van der Waals surface area (Å²) < 4.78 is 16.2. The van der Waals surface area contributed by atoms with Crippen molar-refractivity contribution in [2.45, 2.75) is 13.0 Å². The second-order valence-corrected chi connectivity index (χ2v) is 5.34. The van der Waals surface area contributed by atoms with Crippen molar-refractivity contribution in [2.24, 2.45) is 0 Å². The summed E-state index contributed by atoms with van der Waals surface area (Å²) in [7, 11) is 1.62. The summed E-state index contributed by atoms with van der Waals surface area (Å²) in [6.45, 7) is 1.85. The quantitative estimate of drug-likeness (QED) is 0.687. The lowest BCUT2D eigenvalue weighted by Crippen LogP contribution is -2.03. The van der Waals surface area contributed by atoms with Crippen molar-refractivity contribution in [1.29, 1.82) is 0 Å². The minimum atomic E-state index is -0.364. The molecule has 0 aliphatic carbocycles. The fraction of sp³-hybridized carbons (Fsp3) is 0.176. The van der Waals surface area contributed by atoms with E-state index in [1.165, 1.54) is 0 Å². The van der Waals surface area contributed by atoms with Gasteiger partial charge in [0.15, 0.2) is 6.10 Å². The largest absolute Gasteiger partial charge is 0.497 e. The second-order valence-electron chi connectivity index (χ2n) is 4.90. The molecule has 0 saturated heterocycles. The summed E-state index contributed by atoms with van der Waals surface area (Å²) >= 11 is 5.87. The average molecular weight is 331 g/mol. The van der Waals surface area contributed by atoms with Crippen molar-refractivity contribution in [3.05, 3.63) is 59.4 Å². The Labute approximate surface area is 138 Å². The van der Waals surface area contributed by atoms with E-state index in [-0.39, 0.29) is 6.10 Å². The molecular weight excluding hydrogens is 316 g/mol. The van der Waals surface area contributed by atoms with E-state index in [2.05, 4.69) is 10.1 Å².